The summed E-state index contributed by atoms with van der Waals surface area (Å²) in [7, 11) is 3.87. The van der Waals surface area contributed by atoms with Crippen molar-refractivity contribution >= 4 is 17.3 Å². The minimum Gasteiger partial charge on any atom is -0.376 e. The molecule has 8 heteroatoms. The summed E-state index contributed by atoms with van der Waals surface area (Å²) in [5, 5.41) is 11.1. The van der Waals surface area contributed by atoms with Crippen LogP contribution < -0.4 is 10.2 Å². The highest BCUT2D eigenvalue weighted by atomic mass is 16.7. The SMILES string of the molecule is CN(C)c1ccc(C#CC2CC2)cc1NC(=O)c1cn(CC2OCC3(CC3)CO2)nn1.[HH]. The van der Waals surface area contributed by atoms with Crippen molar-refractivity contribution in [2.45, 2.75) is 38.5 Å². The van der Waals surface area contributed by atoms with Gasteiger partial charge >= 0.3 is 0 Å². The molecule has 0 unspecified atom stereocenters. The van der Waals surface area contributed by atoms with Crippen molar-refractivity contribution < 1.29 is 15.7 Å². The Labute approximate surface area is 183 Å². The zero-order chi connectivity index (χ0) is 21.4. The Morgan fingerprint density at radius 2 is 2.10 bits per heavy atom. The second-order valence-corrected chi connectivity index (χ2v) is 9.00. The summed E-state index contributed by atoms with van der Waals surface area (Å²) >= 11 is 0. The molecular formula is C23H29N5O3. The van der Waals surface area contributed by atoms with Crippen LogP contribution in [0.15, 0.2) is 24.4 Å². The van der Waals surface area contributed by atoms with Gasteiger partial charge in [0, 0.05) is 32.4 Å². The van der Waals surface area contributed by atoms with Gasteiger partial charge in [-0.2, -0.15) is 0 Å². The number of nitrogens with zero attached hydrogens (tertiary/aromatic N) is 4. The molecule has 2 heterocycles. The highest BCUT2D eigenvalue weighted by molar-refractivity contribution is 6.04. The Morgan fingerprint density at radius 1 is 1.32 bits per heavy atom. The first-order valence-corrected chi connectivity index (χ1v) is 10.8. The second-order valence-electron chi connectivity index (χ2n) is 9.00. The van der Waals surface area contributed by atoms with Gasteiger partial charge in [-0.15, -0.1) is 5.10 Å². The van der Waals surface area contributed by atoms with E-state index < -0.39 is 0 Å². The molecule has 31 heavy (non-hydrogen) atoms. The predicted octanol–water partition coefficient (Wildman–Crippen LogP) is 2.76. The van der Waals surface area contributed by atoms with Gasteiger partial charge in [-0.05, 0) is 43.9 Å². The fourth-order valence-corrected chi connectivity index (χ4v) is 3.55. The number of carbonyl (C=O) groups excluding carboxylic acids is 1. The molecule has 3 fully saturated rings. The third-order valence-corrected chi connectivity index (χ3v) is 5.94. The number of hydrogen-bond donors (Lipinski definition) is 1. The number of nitrogens with one attached hydrogen (secondary N) is 1. The lowest BCUT2D eigenvalue weighted by Gasteiger charge is -2.29. The van der Waals surface area contributed by atoms with Crippen molar-refractivity contribution in [1.82, 2.24) is 15.0 Å². The summed E-state index contributed by atoms with van der Waals surface area (Å²) in [5.41, 5.74) is 2.98. The number of rotatable bonds is 5. The molecule has 1 spiro atoms. The summed E-state index contributed by atoms with van der Waals surface area (Å²) in [6, 6.07) is 5.85. The van der Waals surface area contributed by atoms with Crippen LogP contribution >= 0.6 is 0 Å². The third kappa shape index (κ3) is 4.73. The first kappa shape index (κ1) is 20.0. The molecule has 1 N–H and O–H groups in total. The molecule has 1 aliphatic heterocycles. The second kappa shape index (κ2) is 7.98. The number of benzene rings is 1. The van der Waals surface area contributed by atoms with Gasteiger partial charge in [0.2, 0.25) is 0 Å². The molecule has 1 aromatic heterocycles. The third-order valence-electron chi connectivity index (χ3n) is 5.94. The maximum absolute atomic E-state index is 12.8. The number of aromatic nitrogens is 3. The lowest BCUT2D eigenvalue weighted by atomic mass is 10.1. The summed E-state index contributed by atoms with van der Waals surface area (Å²) < 4.78 is 13.2. The van der Waals surface area contributed by atoms with Crippen molar-refractivity contribution in [3.05, 3.63) is 35.7 Å². The van der Waals surface area contributed by atoms with Crippen molar-refractivity contribution in [3.8, 4) is 11.8 Å². The number of hydrogen-bond acceptors (Lipinski definition) is 6. The number of carbonyl (C=O) groups is 1. The van der Waals surface area contributed by atoms with E-state index in [-0.39, 0.29) is 24.7 Å². The molecule has 0 bridgehead atoms. The van der Waals surface area contributed by atoms with Crippen LogP contribution in [0.25, 0.3) is 0 Å². The normalized spacial score (nSPS) is 19.5. The van der Waals surface area contributed by atoms with Crippen molar-refractivity contribution in [1.29, 1.82) is 0 Å². The summed E-state index contributed by atoms with van der Waals surface area (Å²) in [6.07, 6.45) is 5.98. The van der Waals surface area contributed by atoms with Crippen LogP contribution in [-0.2, 0) is 16.0 Å². The highest BCUT2D eigenvalue weighted by Crippen LogP contribution is 2.48. The topological polar surface area (TPSA) is 81.5 Å². The van der Waals surface area contributed by atoms with Gasteiger partial charge in [0.05, 0.1) is 37.3 Å². The fraction of sp³-hybridized carbons (Fsp3) is 0.522. The van der Waals surface area contributed by atoms with Crippen molar-refractivity contribution in [3.63, 3.8) is 0 Å². The van der Waals surface area contributed by atoms with E-state index in [2.05, 4.69) is 27.5 Å². The molecule has 8 nitrogen and oxygen atoms in total. The van der Waals surface area contributed by atoms with E-state index in [0.717, 1.165) is 24.5 Å². The van der Waals surface area contributed by atoms with Crippen LogP contribution in [0.2, 0.25) is 0 Å². The van der Waals surface area contributed by atoms with E-state index in [9.17, 15) is 4.79 Å². The van der Waals surface area contributed by atoms with Crippen LogP contribution in [0.3, 0.4) is 0 Å². The Balaban J connectivity index is 0.00000245. The van der Waals surface area contributed by atoms with Gasteiger partial charge in [0.1, 0.15) is 0 Å². The lowest BCUT2D eigenvalue weighted by Crippen LogP contribution is -2.36. The minimum atomic E-state index is -0.356. The molecule has 2 saturated carbocycles. The molecule has 164 valence electrons. The average molecular weight is 424 g/mol. The molecular weight excluding hydrogens is 394 g/mol. The number of anilines is 2. The smallest absolute Gasteiger partial charge is 0.277 e. The fourth-order valence-electron chi connectivity index (χ4n) is 3.55. The zero-order valence-corrected chi connectivity index (χ0v) is 17.9. The summed E-state index contributed by atoms with van der Waals surface area (Å²) in [5.74, 6) is 6.67. The molecule has 2 aliphatic carbocycles. The first-order chi connectivity index (χ1) is 15.0. The Kier molecular flexibility index (Phi) is 5.16. The molecule has 5 rings (SSSR count). The quantitative estimate of drug-likeness (QED) is 0.745. The maximum atomic E-state index is 12.8. The molecule has 0 radical (unpaired) electrons. The summed E-state index contributed by atoms with van der Waals surface area (Å²) in [6.45, 7) is 1.87. The monoisotopic (exact) mass is 423 g/mol. The molecule has 2 aromatic rings. The average Bonchev–Trinajstić information content (AvgIpc) is 3.68. The lowest BCUT2D eigenvalue weighted by molar-refractivity contribution is -0.213. The van der Waals surface area contributed by atoms with E-state index in [1.54, 1.807) is 10.9 Å². The van der Waals surface area contributed by atoms with Crippen LogP contribution in [-0.4, -0.2) is 54.5 Å². The van der Waals surface area contributed by atoms with E-state index >= 15 is 0 Å². The molecule has 1 saturated heterocycles. The van der Waals surface area contributed by atoms with E-state index in [0.29, 0.717) is 18.2 Å². The van der Waals surface area contributed by atoms with Gasteiger partial charge < -0.3 is 19.7 Å². The van der Waals surface area contributed by atoms with Gasteiger partial charge in [0.25, 0.3) is 5.91 Å². The number of amides is 1. The zero-order valence-electron chi connectivity index (χ0n) is 17.9. The van der Waals surface area contributed by atoms with Crippen LogP contribution in [0.4, 0.5) is 11.4 Å². The molecule has 1 aromatic carbocycles. The standard InChI is InChI=1S/C23H27N5O3.H2/c1-27(2)20-8-7-17(6-5-16-3-4-16)11-18(20)24-22(29)19-12-28(26-25-19)13-21-30-14-23(9-10-23)15-31-21;/h7-8,11-12,16,21H,3-4,9-10,13-15H2,1-2H3,(H,24,29);1H. The van der Waals surface area contributed by atoms with E-state index in [1.807, 2.05) is 37.2 Å². The largest absolute Gasteiger partial charge is 0.376 e. The van der Waals surface area contributed by atoms with Gasteiger partial charge in [0.15, 0.2) is 12.0 Å². The Morgan fingerprint density at radius 3 is 2.77 bits per heavy atom. The van der Waals surface area contributed by atoms with Crippen LogP contribution in [0, 0.1) is 23.2 Å². The van der Waals surface area contributed by atoms with Gasteiger partial charge in [-0.25, -0.2) is 4.68 Å². The highest BCUT2D eigenvalue weighted by Gasteiger charge is 2.47. The number of ether oxygens (including phenoxy) is 2. The van der Waals surface area contributed by atoms with Crippen molar-refractivity contribution in [2.24, 2.45) is 11.3 Å². The maximum Gasteiger partial charge on any atom is 0.277 e. The molecule has 3 aliphatic rings. The summed E-state index contributed by atoms with van der Waals surface area (Å²) in [4.78, 5) is 14.8. The Bertz CT molecular complexity index is 1040. The van der Waals surface area contributed by atoms with E-state index in [4.69, 9.17) is 9.47 Å². The minimum absolute atomic E-state index is 0. The predicted molar refractivity (Wildman–Crippen MR) is 118 cm³/mol. The van der Waals surface area contributed by atoms with Gasteiger partial charge in [-0.3, -0.25) is 4.79 Å². The first-order valence-electron chi connectivity index (χ1n) is 10.8. The molecule has 1 amide bonds. The van der Waals surface area contributed by atoms with Gasteiger partial charge in [-0.1, -0.05) is 17.1 Å². The van der Waals surface area contributed by atoms with Crippen LogP contribution in [0.1, 0.15) is 43.2 Å². The molecule has 0 atom stereocenters. The Hall–Kier alpha value is -2.89. The van der Waals surface area contributed by atoms with E-state index in [1.165, 1.54) is 25.7 Å². The van der Waals surface area contributed by atoms with Crippen molar-refractivity contribution in [2.75, 3.05) is 37.5 Å². The van der Waals surface area contributed by atoms with Crippen LogP contribution in [0.5, 0.6) is 0 Å².